The molecular weight excluding hydrogens is 170 g/mol. The van der Waals surface area contributed by atoms with E-state index in [1.807, 2.05) is 0 Å². The van der Waals surface area contributed by atoms with Crippen LogP contribution in [0, 0.1) is 0 Å². The summed E-state index contributed by atoms with van der Waals surface area (Å²) < 4.78 is 0. The van der Waals surface area contributed by atoms with E-state index in [0.717, 1.165) is 19.3 Å². The summed E-state index contributed by atoms with van der Waals surface area (Å²) in [5.74, 6) is 0. The van der Waals surface area contributed by atoms with E-state index in [1.54, 1.807) is 0 Å². The van der Waals surface area contributed by atoms with E-state index in [9.17, 15) is 5.11 Å². The van der Waals surface area contributed by atoms with Crippen LogP contribution in [0.1, 0.15) is 32.6 Å². The van der Waals surface area contributed by atoms with Crippen LogP contribution >= 0.6 is 0 Å². The standard InChI is InChI=1S/C8H17N3O2/c1-2-3-4-5-8(13)7(6-12)10-11-9/h7-8,12-13H,2-6H2,1H3/t7-,8+/m1/s1. The Balaban J connectivity index is 3.76. The van der Waals surface area contributed by atoms with Gasteiger partial charge >= 0.3 is 0 Å². The average Bonchev–Trinajstić information content (AvgIpc) is 2.14. The summed E-state index contributed by atoms with van der Waals surface area (Å²) in [6, 6.07) is -0.693. The van der Waals surface area contributed by atoms with Crippen molar-refractivity contribution in [2.75, 3.05) is 6.61 Å². The van der Waals surface area contributed by atoms with Crippen molar-refractivity contribution in [1.29, 1.82) is 0 Å². The Kier molecular flexibility index (Phi) is 7.39. The molecule has 0 spiro atoms. The van der Waals surface area contributed by atoms with Crippen LogP contribution in [0.25, 0.3) is 10.4 Å². The van der Waals surface area contributed by atoms with Crippen molar-refractivity contribution in [3.05, 3.63) is 10.4 Å². The number of nitrogens with zero attached hydrogens (tertiary/aromatic N) is 3. The van der Waals surface area contributed by atoms with E-state index in [4.69, 9.17) is 10.6 Å². The van der Waals surface area contributed by atoms with Crippen molar-refractivity contribution >= 4 is 0 Å². The molecule has 2 atom stereocenters. The predicted octanol–water partition coefficient (Wildman–Crippen LogP) is 1.60. The summed E-state index contributed by atoms with van der Waals surface area (Å²) in [6.45, 7) is 1.78. The van der Waals surface area contributed by atoms with Gasteiger partial charge in [0, 0.05) is 4.91 Å². The molecule has 2 N–H and O–H groups in total. The Morgan fingerprint density at radius 3 is 2.62 bits per heavy atom. The first-order valence-corrected chi connectivity index (χ1v) is 4.59. The van der Waals surface area contributed by atoms with E-state index >= 15 is 0 Å². The van der Waals surface area contributed by atoms with Crippen LogP contribution in [0.15, 0.2) is 5.11 Å². The molecule has 13 heavy (non-hydrogen) atoms. The van der Waals surface area contributed by atoms with Gasteiger partial charge in [0.1, 0.15) is 0 Å². The average molecular weight is 187 g/mol. The van der Waals surface area contributed by atoms with Gasteiger partial charge in [-0.3, -0.25) is 0 Å². The molecule has 0 heterocycles. The van der Waals surface area contributed by atoms with Gasteiger partial charge in [0.05, 0.1) is 18.8 Å². The van der Waals surface area contributed by atoms with Crippen molar-refractivity contribution in [1.82, 2.24) is 0 Å². The molecule has 0 rings (SSSR count). The molecule has 5 heteroatoms. The lowest BCUT2D eigenvalue weighted by molar-refractivity contribution is 0.0993. The van der Waals surface area contributed by atoms with Gasteiger partial charge in [-0.25, -0.2) is 0 Å². The fourth-order valence-corrected chi connectivity index (χ4v) is 1.10. The second kappa shape index (κ2) is 7.86. The minimum atomic E-state index is -0.715. The van der Waals surface area contributed by atoms with Crippen LogP contribution in [0.2, 0.25) is 0 Å². The summed E-state index contributed by atoms with van der Waals surface area (Å²) in [7, 11) is 0. The largest absolute Gasteiger partial charge is 0.396 e. The first-order valence-electron chi connectivity index (χ1n) is 4.59. The molecule has 0 unspecified atom stereocenters. The Bertz CT molecular complexity index is 169. The van der Waals surface area contributed by atoms with Crippen LogP contribution in [0.5, 0.6) is 0 Å². The summed E-state index contributed by atoms with van der Waals surface area (Å²) in [4.78, 5) is 2.56. The van der Waals surface area contributed by atoms with Gasteiger partial charge in [0.15, 0.2) is 0 Å². The van der Waals surface area contributed by atoms with Gasteiger partial charge in [-0.15, -0.1) is 0 Å². The van der Waals surface area contributed by atoms with Gasteiger partial charge in [0.25, 0.3) is 0 Å². The number of aliphatic hydroxyl groups is 2. The zero-order valence-electron chi connectivity index (χ0n) is 7.93. The van der Waals surface area contributed by atoms with Crippen molar-refractivity contribution in [2.45, 2.75) is 44.8 Å². The maximum atomic E-state index is 9.44. The SMILES string of the molecule is CCCCC[C@H](O)[C@@H](CO)N=[N+]=[N-]. The highest BCUT2D eigenvalue weighted by Gasteiger charge is 2.15. The van der Waals surface area contributed by atoms with Crippen LogP contribution in [-0.2, 0) is 0 Å². The molecule has 0 bridgehead atoms. The Hall–Kier alpha value is -0.770. The minimum absolute atomic E-state index is 0.294. The fourth-order valence-electron chi connectivity index (χ4n) is 1.10. The molecule has 0 radical (unpaired) electrons. The van der Waals surface area contributed by atoms with Crippen molar-refractivity contribution in [2.24, 2.45) is 5.11 Å². The second-order valence-electron chi connectivity index (χ2n) is 3.02. The zero-order valence-corrected chi connectivity index (χ0v) is 7.93. The number of aliphatic hydroxyl groups excluding tert-OH is 2. The molecule has 0 aromatic rings. The minimum Gasteiger partial charge on any atom is -0.396 e. The second-order valence-corrected chi connectivity index (χ2v) is 3.02. The first-order chi connectivity index (χ1) is 6.26. The van der Waals surface area contributed by atoms with E-state index < -0.39 is 12.1 Å². The van der Waals surface area contributed by atoms with Crippen molar-refractivity contribution < 1.29 is 10.2 Å². The van der Waals surface area contributed by atoms with Gasteiger partial charge in [-0.2, -0.15) is 0 Å². The molecule has 0 fully saturated rings. The highest BCUT2D eigenvalue weighted by atomic mass is 16.3. The molecule has 0 aliphatic rings. The van der Waals surface area contributed by atoms with Crippen LogP contribution in [-0.4, -0.2) is 29.0 Å². The third-order valence-electron chi connectivity index (χ3n) is 1.93. The number of rotatable bonds is 7. The molecule has 0 amide bonds. The summed E-state index contributed by atoms with van der Waals surface area (Å²) in [5.41, 5.74) is 8.12. The molecule has 0 saturated carbocycles. The summed E-state index contributed by atoms with van der Waals surface area (Å²) in [6.07, 6.45) is 2.89. The van der Waals surface area contributed by atoms with E-state index in [1.165, 1.54) is 0 Å². The predicted molar refractivity (Wildman–Crippen MR) is 50.2 cm³/mol. The number of azide groups is 1. The van der Waals surface area contributed by atoms with Crippen molar-refractivity contribution in [3.63, 3.8) is 0 Å². The molecule has 0 saturated heterocycles. The quantitative estimate of drug-likeness (QED) is 0.274. The van der Waals surface area contributed by atoms with Gasteiger partial charge in [-0.1, -0.05) is 31.3 Å². The van der Waals surface area contributed by atoms with Gasteiger partial charge in [-0.05, 0) is 12.0 Å². The molecule has 5 nitrogen and oxygen atoms in total. The normalized spacial score (nSPS) is 14.7. The van der Waals surface area contributed by atoms with Crippen LogP contribution in [0.3, 0.4) is 0 Å². The molecule has 0 aliphatic heterocycles. The maximum absolute atomic E-state index is 9.44. The number of unbranched alkanes of at least 4 members (excludes halogenated alkanes) is 2. The molecular formula is C8H17N3O2. The fraction of sp³-hybridized carbons (Fsp3) is 1.00. The topological polar surface area (TPSA) is 89.2 Å². The summed E-state index contributed by atoms with van der Waals surface area (Å²) in [5, 5.41) is 21.5. The lowest BCUT2D eigenvalue weighted by atomic mass is 10.1. The number of hydrogen-bond acceptors (Lipinski definition) is 3. The van der Waals surface area contributed by atoms with Crippen LogP contribution in [0.4, 0.5) is 0 Å². The molecule has 0 aromatic heterocycles. The third kappa shape index (κ3) is 5.47. The Morgan fingerprint density at radius 2 is 2.15 bits per heavy atom. The molecule has 0 aromatic carbocycles. The maximum Gasteiger partial charge on any atom is 0.0864 e. The van der Waals surface area contributed by atoms with Gasteiger partial charge in [0.2, 0.25) is 0 Å². The van der Waals surface area contributed by atoms with E-state index in [2.05, 4.69) is 16.9 Å². The smallest absolute Gasteiger partial charge is 0.0864 e. The van der Waals surface area contributed by atoms with E-state index in [-0.39, 0.29) is 6.61 Å². The highest BCUT2D eigenvalue weighted by molar-refractivity contribution is 4.74. The zero-order chi connectivity index (χ0) is 10.1. The van der Waals surface area contributed by atoms with E-state index in [0.29, 0.717) is 6.42 Å². The monoisotopic (exact) mass is 187 g/mol. The first kappa shape index (κ1) is 12.2. The highest BCUT2D eigenvalue weighted by Crippen LogP contribution is 2.09. The molecule has 0 aliphatic carbocycles. The number of hydrogen-bond donors (Lipinski definition) is 2. The third-order valence-corrected chi connectivity index (χ3v) is 1.93. The van der Waals surface area contributed by atoms with Crippen molar-refractivity contribution in [3.8, 4) is 0 Å². The lowest BCUT2D eigenvalue weighted by Gasteiger charge is -2.15. The summed E-state index contributed by atoms with van der Waals surface area (Å²) >= 11 is 0. The van der Waals surface area contributed by atoms with Gasteiger partial charge < -0.3 is 10.2 Å². The Morgan fingerprint density at radius 1 is 1.46 bits per heavy atom. The Labute approximate surface area is 78.0 Å². The lowest BCUT2D eigenvalue weighted by Crippen LogP contribution is -2.27. The molecule has 76 valence electrons. The van der Waals surface area contributed by atoms with Crippen LogP contribution < -0.4 is 0 Å².